The van der Waals surface area contributed by atoms with Gasteiger partial charge in [0.2, 0.25) is 0 Å². The maximum absolute atomic E-state index is 12.3. The van der Waals surface area contributed by atoms with Crippen LogP contribution in [0.4, 0.5) is 8.78 Å². The number of ether oxygens (including phenoxy) is 1. The number of nitrogens with one attached hydrogen (secondary N) is 2. The van der Waals surface area contributed by atoms with Crippen molar-refractivity contribution in [2.45, 2.75) is 39.3 Å². The number of alkyl halides is 2. The third kappa shape index (κ3) is 4.81. The lowest BCUT2D eigenvalue weighted by Gasteiger charge is -2.15. The zero-order valence-electron chi connectivity index (χ0n) is 12.6. The molecule has 1 aliphatic rings. The Labute approximate surface area is 135 Å². The van der Waals surface area contributed by atoms with E-state index in [1.165, 1.54) is 0 Å². The van der Waals surface area contributed by atoms with Gasteiger partial charge in [0.15, 0.2) is 0 Å². The van der Waals surface area contributed by atoms with E-state index < -0.39 is 6.61 Å². The molecular formula is C15H21ClF2N2O2. The molecule has 1 aromatic carbocycles. The quantitative estimate of drug-likeness (QED) is 0.870. The first-order chi connectivity index (χ1) is 9.97. The molecule has 1 unspecified atom stereocenters. The Morgan fingerprint density at radius 3 is 2.55 bits per heavy atom. The molecule has 0 aromatic heterocycles. The van der Waals surface area contributed by atoms with Crippen LogP contribution in [0.15, 0.2) is 12.1 Å². The highest BCUT2D eigenvalue weighted by atomic mass is 35.5. The summed E-state index contributed by atoms with van der Waals surface area (Å²) in [5.74, 6) is -0.0579. The van der Waals surface area contributed by atoms with Crippen molar-refractivity contribution >= 4 is 18.3 Å². The maximum Gasteiger partial charge on any atom is 0.387 e. The van der Waals surface area contributed by atoms with Crippen molar-refractivity contribution in [3.05, 3.63) is 28.8 Å². The van der Waals surface area contributed by atoms with E-state index in [9.17, 15) is 13.6 Å². The van der Waals surface area contributed by atoms with E-state index in [4.69, 9.17) is 0 Å². The molecule has 2 rings (SSSR count). The van der Waals surface area contributed by atoms with Crippen LogP contribution in [0.3, 0.4) is 0 Å². The van der Waals surface area contributed by atoms with E-state index in [1.54, 1.807) is 26.0 Å². The number of amides is 1. The number of halogens is 3. The molecule has 124 valence electrons. The minimum atomic E-state index is -2.87. The summed E-state index contributed by atoms with van der Waals surface area (Å²) in [6, 6.07) is 3.46. The summed E-state index contributed by atoms with van der Waals surface area (Å²) in [4.78, 5) is 12.1. The third-order valence-electron chi connectivity index (χ3n) is 3.60. The molecule has 1 atom stereocenters. The summed E-state index contributed by atoms with van der Waals surface area (Å²) in [5, 5.41) is 6.16. The highest BCUT2D eigenvalue weighted by Gasteiger charge is 2.17. The molecule has 1 amide bonds. The van der Waals surface area contributed by atoms with Gasteiger partial charge < -0.3 is 15.4 Å². The van der Waals surface area contributed by atoms with Crippen LogP contribution in [0, 0.1) is 13.8 Å². The fraction of sp³-hybridized carbons (Fsp3) is 0.533. The summed E-state index contributed by atoms with van der Waals surface area (Å²) in [5.41, 5.74) is 1.52. The Balaban J connectivity index is 0.00000242. The standard InChI is InChI=1S/C15H20F2N2O2.ClH/c1-9-6-11(7-10(2)13(9)21-15(16)17)14(20)19-8-12-4-3-5-18-12;/h6-7,12,15,18H,3-5,8H2,1-2H3,(H,19,20);1H. The van der Waals surface area contributed by atoms with Gasteiger partial charge in [-0.2, -0.15) is 8.78 Å². The number of carbonyl (C=O) groups is 1. The molecule has 0 aliphatic carbocycles. The van der Waals surface area contributed by atoms with Crippen molar-refractivity contribution in [1.29, 1.82) is 0 Å². The van der Waals surface area contributed by atoms with Gasteiger partial charge >= 0.3 is 6.61 Å². The van der Waals surface area contributed by atoms with Crippen LogP contribution in [-0.4, -0.2) is 31.7 Å². The molecule has 7 heteroatoms. The summed E-state index contributed by atoms with van der Waals surface area (Å²) in [7, 11) is 0. The smallest absolute Gasteiger partial charge is 0.387 e. The van der Waals surface area contributed by atoms with Gasteiger partial charge in [0.25, 0.3) is 5.91 Å². The van der Waals surface area contributed by atoms with Crippen molar-refractivity contribution in [3.63, 3.8) is 0 Å². The predicted octanol–water partition coefficient (Wildman–Crippen LogP) is 2.81. The van der Waals surface area contributed by atoms with E-state index >= 15 is 0 Å². The zero-order valence-corrected chi connectivity index (χ0v) is 13.4. The van der Waals surface area contributed by atoms with Crippen molar-refractivity contribution in [1.82, 2.24) is 10.6 Å². The van der Waals surface area contributed by atoms with Gasteiger partial charge in [-0.05, 0) is 56.5 Å². The van der Waals surface area contributed by atoms with Crippen LogP contribution in [0.5, 0.6) is 5.75 Å². The van der Waals surface area contributed by atoms with Gasteiger partial charge in [0.1, 0.15) is 5.75 Å². The van der Waals surface area contributed by atoms with Gasteiger partial charge in [0, 0.05) is 18.2 Å². The van der Waals surface area contributed by atoms with Crippen LogP contribution in [0.25, 0.3) is 0 Å². The largest absolute Gasteiger partial charge is 0.434 e. The minimum absolute atomic E-state index is 0. The first kappa shape index (κ1) is 18.6. The van der Waals surface area contributed by atoms with E-state index in [-0.39, 0.29) is 24.1 Å². The van der Waals surface area contributed by atoms with Crippen LogP contribution in [-0.2, 0) is 0 Å². The molecule has 0 spiro atoms. The molecule has 0 radical (unpaired) electrons. The van der Waals surface area contributed by atoms with Gasteiger partial charge in [-0.15, -0.1) is 12.4 Å². The summed E-state index contributed by atoms with van der Waals surface area (Å²) in [6.07, 6.45) is 2.18. The second-order valence-corrected chi connectivity index (χ2v) is 5.32. The fourth-order valence-electron chi connectivity index (χ4n) is 2.61. The first-order valence-electron chi connectivity index (χ1n) is 7.05. The van der Waals surface area contributed by atoms with Crippen molar-refractivity contribution in [2.75, 3.05) is 13.1 Å². The number of hydrogen-bond acceptors (Lipinski definition) is 3. The topological polar surface area (TPSA) is 50.4 Å². The summed E-state index contributed by atoms with van der Waals surface area (Å²) >= 11 is 0. The lowest BCUT2D eigenvalue weighted by Crippen LogP contribution is -2.37. The summed E-state index contributed by atoms with van der Waals surface area (Å²) < 4.78 is 29.1. The number of rotatable bonds is 5. The Kier molecular flexibility index (Phi) is 7.03. The number of hydrogen-bond donors (Lipinski definition) is 2. The van der Waals surface area contributed by atoms with Crippen LogP contribution >= 0.6 is 12.4 Å². The highest BCUT2D eigenvalue weighted by molar-refractivity contribution is 5.94. The highest BCUT2D eigenvalue weighted by Crippen LogP contribution is 2.26. The average molecular weight is 335 g/mol. The Morgan fingerprint density at radius 2 is 2.05 bits per heavy atom. The molecule has 22 heavy (non-hydrogen) atoms. The van der Waals surface area contributed by atoms with E-state index in [0.717, 1.165) is 19.4 Å². The fourth-order valence-corrected chi connectivity index (χ4v) is 2.61. The molecule has 2 N–H and O–H groups in total. The summed E-state index contributed by atoms with van der Waals surface area (Å²) in [6.45, 7) is 2.00. The second kappa shape index (κ2) is 8.29. The Hall–Kier alpha value is -1.40. The average Bonchev–Trinajstić information content (AvgIpc) is 2.93. The first-order valence-corrected chi connectivity index (χ1v) is 7.05. The predicted molar refractivity (Wildman–Crippen MR) is 83.2 cm³/mol. The van der Waals surface area contributed by atoms with E-state index in [2.05, 4.69) is 15.4 Å². The van der Waals surface area contributed by atoms with Gasteiger partial charge in [0.05, 0.1) is 0 Å². The molecular weight excluding hydrogens is 314 g/mol. The van der Waals surface area contributed by atoms with Crippen LogP contribution in [0.1, 0.15) is 34.3 Å². The van der Waals surface area contributed by atoms with Crippen LogP contribution < -0.4 is 15.4 Å². The molecule has 1 aromatic rings. The lowest BCUT2D eigenvalue weighted by atomic mass is 10.0. The van der Waals surface area contributed by atoms with Crippen molar-refractivity contribution in [2.24, 2.45) is 0 Å². The lowest BCUT2D eigenvalue weighted by molar-refractivity contribution is -0.0507. The van der Waals surface area contributed by atoms with Gasteiger partial charge in [-0.25, -0.2) is 0 Å². The molecule has 1 fully saturated rings. The van der Waals surface area contributed by atoms with Crippen molar-refractivity contribution < 1.29 is 18.3 Å². The SMILES string of the molecule is Cc1cc(C(=O)NCC2CCCN2)cc(C)c1OC(F)F.Cl. The zero-order chi connectivity index (χ0) is 15.4. The number of aryl methyl sites for hydroxylation is 2. The molecule has 1 heterocycles. The number of carbonyl (C=O) groups excluding carboxylic acids is 1. The van der Waals surface area contributed by atoms with Gasteiger partial charge in [-0.1, -0.05) is 0 Å². The normalized spacial score (nSPS) is 17.2. The van der Waals surface area contributed by atoms with E-state index in [1.807, 2.05) is 0 Å². The third-order valence-corrected chi connectivity index (χ3v) is 3.60. The van der Waals surface area contributed by atoms with Gasteiger partial charge in [-0.3, -0.25) is 4.79 Å². The monoisotopic (exact) mass is 334 g/mol. The maximum atomic E-state index is 12.3. The second-order valence-electron chi connectivity index (χ2n) is 5.32. The van der Waals surface area contributed by atoms with E-state index in [0.29, 0.717) is 29.3 Å². The Morgan fingerprint density at radius 1 is 1.41 bits per heavy atom. The minimum Gasteiger partial charge on any atom is -0.434 e. The molecule has 1 aliphatic heterocycles. The number of benzene rings is 1. The molecule has 4 nitrogen and oxygen atoms in total. The molecule has 0 saturated carbocycles. The Bertz CT molecular complexity index is 497. The molecule has 1 saturated heterocycles. The van der Waals surface area contributed by atoms with Crippen LogP contribution in [0.2, 0.25) is 0 Å². The molecule has 0 bridgehead atoms. The van der Waals surface area contributed by atoms with Crippen molar-refractivity contribution in [3.8, 4) is 5.75 Å².